The van der Waals surface area contributed by atoms with Gasteiger partial charge in [0.05, 0.1) is 24.8 Å². The molecule has 3 N–H and O–H groups in total. The molecule has 2 amide bonds. The van der Waals surface area contributed by atoms with Crippen molar-refractivity contribution in [2.75, 3.05) is 50.1 Å². The van der Waals surface area contributed by atoms with Crippen molar-refractivity contribution in [3.8, 4) is 5.88 Å². The second-order valence-electron chi connectivity index (χ2n) is 10.9. The Labute approximate surface area is 223 Å². The van der Waals surface area contributed by atoms with Gasteiger partial charge in [-0.15, -0.1) is 0 Å². The number of anilines is 2. The van der Waals surface area contributed by atoms with E-state index in [2.05, 4.69) is 41.5 Å². The van der Waals surface area contributed by atoms with Crippen molar-refractivity contribution in [2.24, 2.45) is 5.92 Å². The number of ether oxygens (including phenoxy) is 2. The molecule has 4 aliphatic rings. The molecule has 1 spiro atoms. The number of likely N-dealkylation sites (tertiary alicyclic amines) is 1. The van der Waals surface area contributed by atoms with E-state index >= 15 is 4.39 Å². The van der Waals surface area contributed by atoms with Gasteiger partial charge in [0.15, 0.2) is 24.1 Å². The lowest BCUT2D eigenvalue weighted by Crippen LogP contribution is -2.48. The molecule has 2 fully saturated rings. The fraction of sp³-hybridized carbons (Fsp3) is 0.500. The van der Waals surface area contributed by atoms with Crippen molar-refractivity contribution in [1.29, 1.82) is 0 Å². The normalized spacial score (nSPS) is 22.1. The maximum absolute atomic E-state index is 15.3. The Morgan fingerprint density at radius 1 is 1.23 bits per heavy atom. The molecule has 1 atom stereocenters. The maximum Gasteiger partial charge on any atom is 0.416 e. The number of rotatable bonds is 5. The molecule has 0 bridgehead atoms. The van der Waals surface area contributed by atoms with E-state index in [0.717, 1.165) is 48.5 Å². The van der Waals surface area contributed by atoms with Crippen LogP contribution in [0.25, 0.3) is 11.0 Å². The first-order chi connectivity index (χ1) is 18.9. The average molecular weight is 537 g/mol. The second kappa shape index (κ2) is 9.12. The van der Waals surface area contributed by atoms with Crippen LogP contribution in [-0.4, -0.2) is 82.3 Å². The summed E-state index contributed by atoms with van der Waals surface area (Å²) in [7, 11) is 1.84. The van der Waals surface area contributed by atoms with Gasteiger partial charge in [-0.1, -0.05) is 0 Å². The lowest BCUT2D eigenvalue weighted by Gasteiger charge is -2.38. The SMILES string of the molecule is CNCc1nc2c(F)c3c(cc2[nH]1)C[C@@H](CN1CCC2(CC1)CN(c1cnc4c(n1)NC(=O)CO4)C(=O)O2)C3. The van der Waals surface area contributed by atoms with Gasteiger partial charge >= 0.3 is 6.09 Å². The number of fused-ring (bicyclic) bond motifs is 3. The first-order valence-corrected chi connectivity index (χ1v) is 13.3. The van der Waals surface area contributed by atoms with Gasteiger partial charge in [0.1, 0.15) is 16.9 Å². The summed E-state index contributed by atoms with van der Waals surface area (Å²) >= 11 is 0. The minimum absolute atomic E-state index is 0.111. The predicted molar refractivity (Wildman–Crippen MR) is 138 cm³/mol. The van der Waals surface area contributed by atoms with Crippen LogP contribution in [0.4, 0.5) is 20.8 Å². The molecule has 5 heterocycles. The fourth-order valence-electron chi connectivity index (χ4n) is 6.27. The molecule has 3 aliphatic heterocycles. The van der Waals surface area contributed by atoms with Crippen LogP contribution in [0.3, 0.4) is 0 Å². The highest BCUT2D eigenvalue weighted by Crippen LogP contribution is 2.38. The zero-order chi connectivity index (χ0) is 26.7. The van der Waals surface area contributed by atoms with E-state index < -0.39 is 11.7 Å². The number of nitrogens with one attached hydrogen (secondary N) is 3. The summed E-state index contributed by atoms with van der Waals surface area (Å²) < 4.78 is 26.4. The monoisotopic (exact) mass is 536 g/mol. The summed E-state index contributed by atoms with van der Waals surface area (Å²) in [6.45, 7) is 3.26. The van der Waals surface area contributed by atoms with Crippen molar-refractivity contribution in [3.05, 3.63) is 35.0 Å². The molecule has 3 aromatic rings. The second-order valence-corrected chi connectivity index (χ2v) is 10.9. The summed E-state index contributed by atoms with van der Waals surface area (Å²) in [5.41, 5.74) is 2.43. The van der Waals surface area contributed by atoms with Crippen molar-refractivity contribution >= 4 is 34.7 Å². The highest BCUT2D eigenvalue weighted by Gasteiger charge is 2.48. The lowest BCUT2D eigenvalue weighted by molar-refractivity contribution is -0.118. The van der Waals surface area contributed by atoms with Crippen molar-refractivity contribution in [2.45, 2.75) is 37.8 Å². The summed E-state index contributed by atoms with van der Waals surface area (Å²) in [6.07, 6.45) is 3.92. The molecule has 204 valence electrons. The summed E-state index contributed by atoms with van der Waals surface area (Å²) in [4.78, 5) is 44.5. The topological polar surface area (TPSA) is 138 Å². The minimum atomic E-state index is -0.592. The molecule has 0 saturated carbocycles. The third-order valence-electron chi connectivity index (χ3n) is 8.16. The number of hydrogen-bond acceptors (Lipinski definition) is 9. The summed E-state index contributed by atoms with van der Waals surface area (Å²) in [5, 5.41) is 5.66. The Morgan fingerprint density at radius 2 is 2.08 bits per heavy atom. The molecular formula is C26H29FN8O4. The quantitative estimate of drug-likeness (QED) is 0.445. The summed E-state index contributed by atoms with van der Waals surface area (Å²) in [6, 6.07) is 2.05. The average Bonchev–Trinajstić information content (AvgIpc) is 3.61. The number of carbonyl (C=O) groups is 2. The van der Waals surface area contributed by atoms with Crippen molar-refractivity contribution < 1.29 is 23.5 Å². The standard InChI is InChI=1S/C26H29FN8O4/c1-28-9-18-30-17-8-15-6-14(7-16(15)21(27)22(17)31-18)11-34-4-2-26(3-5-34)13-35(25(37)39-26)19-10-29-24-23(32-19)33-20(36)12-38-24/h8,10,14,28H,2-7,9,11-13H2,1H3,(H,30,31)(H,32,33,36)/t14-/m1/s1. The lowest BCUT2D eigenvalue weighted by atomic mass is 9.90. The number of H-pyrrole nitrogens is 1. The van der Waals surface area contributed by atoms with E-state index in [1.54, 1.807) is 0 Å². The number of carbonyl (C=O) groups excluding carboxylic acids is 2. The first kappa shape index (κ1) is 24.2. The molecule has 7 rings (SSSR count). The minimum Gasteiger partial charge on any atom is -0.465 e. The zero-order valence-corrected chi connectivity index (χ0v) is 21.6. The Balaban J connectivity index is 0.980. The third kappa shape index (κ3) is 4.25. The van der Waals surface area contributed by atoms with Crippen LogP contribution in [0, 0.1) is 11.7 Å². The molecule has 2 aromatic heterocycles. The number of aromatic nitrogens is 4. The van der Waals surface area contributed by atoms with Crippen LogP contribution in [-0.2, 0) is 28.9 Å². The van der Waals surface area contributed by atoms with Gasteiger partial charge in [0.25, 0.3) is 11.8 Å². The Bertz CT molecular complexity index is 1480. The molecule has 2 saturated heterocycles. The number of hydrogen-bond donors (Lipinski definition) is 3. The number of aromatic amines is 1. The fourth-order valence-corrected chi connectivity index (χ4v) is 6.27. The summed E-state index contributed by atoms with van der Waals surface area (Å²) in [5.74, 6) is 1.30. The third-order valence-corrected chi connectivity index (χ3v) is 8.16. The number of nitrogens with zero attached hydrogens (tertiary/aromatic N) is 5. The van der Waals surface area contributed by atoms with E-state index in [1.165, 1.54) is 11.1 Å². The zero-order valence-electron chi connectivity index (χ0n) is 21.6. The molecule has 1 aromatic carbocycles. The number of amides is 2. The molecule has 39 heavy (non-hydrogen) atoms. The van der Waals surface area contributed by atoms with Crippen LogP contribution in [0.15, 0.2) is 12.3 Å². The number of imidazole rings is 1. The molecule has 0 unspecified atom stereocenters. The molecule has 1 aliphatic carbocycles. The highest BCUT2D eigenvalue weighted by molar-refractivity contribution is 5.94. The van der Waals surface area contributed by atoms with E-state index in [-0.39, 0.29) is 30.0 Å². The number of halogens is 1. The van der Waals surface area contributed by atoms with Gasteiger partial charge in [-0.3, -0.25) is 9.69 Å². The van der Waals surface area contributed by atoms with Crippen molar-refractivity contribution in [1.82, 2.24) is 30.2 Å². The van der Waals surface area contributed by atoms with Crippen LogP contribution in [0.5, 0.6) is 5.88 Å². The smallest absolute Gasteiger partial charge is 0.416 e. The number of piperidine rings is 1. The molecule has 12 nitrogen and oxygen atoms in total. The van der Waals surface area contributed by atoms with E-state index in [0.29, 0.717) is 49.6 Å². The molecule has 13 heteroatoms. The largest absolute Gasteiger partial charge is 0.465 e. The van der Waals surface area contributed by atoms with Crippen LogP contribution in [0.1, 0.15) is 29.8 Å². The van der Waals surface area contributed by atoms with Crippen LogP contribution in [0.2, 0.25) is 0 Å². The highest BCUT2D eigenvalue weighted by atomic mass is 19.1. The van der Waals surface area contributed by atoms with Gasteiger partial charge in [-0.25, -0.2) is 24.1 Å². The Morgan fingerprint density at radius 3 is 2.90 bits per heavy atom. The van der Waals surface area contributed by atoms with Gasteiger partial charge in [0.2, 0.25) is 0 Å². The molecule has 0 radical (unpaired) electrons. The van der Waals surface area contributed by atoms with Gasteiger partial charge in [-0.05, 0) is 43.0 Å². The predicted octanol–water partition coefficient (Wildman–Crippen LogP) is 1.75. The van der Waals surface area contributed by atoms with Crippen molar-refractivity contribution in [3.63, 3.8) is 0 Å². The van der Waals surface area contributed by atoms with E-state index in [1.807, 2.05) is 7.05 Å². The Kier molecular flexibility index (Phi) is 5.67. The first-order valence-electron chi connectivity index (χ1n) is 13.3. The van der Waals surface area contributed by atoms with Crippen LogP contribution < -0.4 is 20.3 Å². The number of benzene rings is 1. The van der Waals surface area contributed by atoms with Gasteiger partial charge in [-0.2, -0.15) is 0 Å². The maximum atomic E-state index is 15.3. The van der Waals surface area contributed by atoms with Crippen LogP contribution >= 0.6 is 0 Å². The van der Waals surface area contributed by atoms with Gasteiger partial charge in [0, 0.05) is 32.5 Å². The van der Waals surface area contributed by atoms with Gasteiger partial charge < -0.3 is 30.0 Å². The Hall–Kier alpha value is -3.84. The molecular weight excluding hydrogens is 507 g/mol. The van der Waals surface area contributed by atoms with E-state index in [9.17, 15) is 9.59 Å². The van der Waals surface area contributed by atoms with E-state index in [4.69, 9.17) is 9.47 Å².